The second-order valence-electron chi connectivity index (χ2n) is 3.33. The van der Waals surface area contributed by atoms with Crippen LogP contribution >= 0.6 is 54.8 Å². The van der Waals surface area contributed by atoms with Gasteiger partial charge in [-0.2, -0.15) is 0 Å². The molecule has 0 bridgehead atoms. The van der Waals surface area contributed by atoms with Gasteiger partial charge in [-0.15, -0.1) is 5.10 Å². The van der Waals surface area contributed by atoms with Crippen molar-refractivity contribution in [1.29, 1.82) is 0 Å². The molecule has 3 rings (SSSR count). The average Bonchev–Trinajstić information content (AvgIpc) is 2.74. The lowest BCUT2D eigenvalue weighted by Gasteiger charge is -2.00. The quantitative estimate of drug-likeness (QED) is 0.603. The highest BCUT2D eigenvalue weighted by Crippen LogP contribution is 2.31. The maximum Gasteiger partial charge on any atom is 0.213 e. The lowest BCUT2D eigenvalue weighted by atomic mass is 10.2. The van der Waals surface area contributed by atoms with Crippen LogP contribution in [0.4, 0.5) is 0 Å². The minimum atomic E-state index is 0.671. The van der Waals surface area contributed by atoms with E-state index in [1.807, 2.05) is 24.4 Å². The summed E-state index contributed by atoms with van der Waals surface area (Å²) >= 11 is 14.4. The van der Waals surface area contributed by atoms with Crippen LogP contribution in [-0.2, 0) is 0 Å². The Morgan fingerprint density at radius 3 is 2.82 bits per heavy atom. The van der Waals surface area contributed by atoms with E-state index in [2.05, 4.69) is 41.9 Å². The van der Waals surface area contributed by atoms with Crippen molar-refractivity contribution in [2.24, 2.45) is 0 Å². The van der Waals surface area contributed by atoms with Crippen LogP contribution in [0.15, 0.2) is 32.8 Å². The fraction of sp³-hybridized carbons (Fsp3) is 0. The minimum absolute atomic E-state index is 0.671. The summed E-state index contributed by atoms with van der Waals surface area (Å²) in [7, 11) is 0. The summed E-state index contributed by atoms with van der Waals surface area (Å²) in [6.45, 7) is 0. The Balaban J connectivity index is 2.16. The lowest BCUT2D eigenvalue weighted by Crippen LogP contribution is -1.80. The van der Waals surface area contributed by atoms with Crippen molar-refractivity contribution in [3.63, 3.8) is 0 Å². The van der Waals surface area contributed by atoms with Crippen LogP contribution in [0, 0.1) is 0 Å². The van der Waals surface area contributed by atoms with E-state index in [-0.39, 0.29) is 0 Å². The first-order valence-electron chi connectivity index (χ1n) is 4.60. The van der Waals surface area contributed by atoms with Crippen molar-refractivity contribution in [3.8, 4) is 11.3 Å². The second-order valence-corrected chi connectivity index (χ2v) is 6.89. The second kappa shape index (κ2) is 4.35. The van der Waals surface area contributed by atoms with Gasteiger partial charge in [-0.25, -0.2) is 9.50 Å². The predicted molar refractivity (Wildman–Crippen MR) is 76.7 cm³/mol. The molecule has 3 aromatic rings. The number of imidazole rings is 1. The van der Waals surface area contributed by atoms with Crippen LogP contribution in [-0.4, -0.2) is 14.6 Å². The van der Waals surface area contributed by atoms with Gasteiger partial charge < -0.3 is 0 Å². The van der Waals surface area contributed by atoms with Crippen molar-refractivity contribution in [2.45, 2.75) is 0 Å². The van der Waals surface area contributed by atoms with Gasteiger partial charge in [0.1, 0.15) is 0 Å². The van der Waals surface area contributed by atoms with Gasteiger partial charge in [0.05, 0.1) is 16.9 Å². The Labute approximate surface area is 123 Å². The molecule has 0 saturated heterocycles. The smallest absolute Gasteiger partial charge is 0.213 e. The highest BCUT2D eigenvalue weighted by atomic mass is 79.9. The molecule has 0 aliphatic carbocycles. The standard InChI is InChI=1S/C10H4Br2ClN3S/c11-5-1-2-6(7(13)3-5)8-4-16-10(14-8)17-9(12)15-16/h1-4H. The Kier molecular flexibility index (Phi) is 2.98. The molecule has 0 spiro atoms. The zero-order chi connectivity index (χ0) is 12.0. The highest BCUT2D eigenvalue weighted by molar-refractivity contribution is 9.11. The number of nitrogens with zero attached hydrogens (tertiary/aromatic N) is 3. The molecule has 0 unspecified atom stereocenters. The van der Waals surface area contributed by atoms with Gasteiger partial charge in [0, 0.05) is 10.0 Å². The average molecular weight is 393 g/mol. The van der Waals surface area contributed by atoms with E-state index < -0.39 is 0 Å². The molecule has 0 amide bonds. The van der Waals surface area contributed by atoms with E-state index in [0.29, 0.717) is 5.02 Å². The first-order valence-corrected chi connectivity index (χ1v) is 7.38. The number of rotatable bonds is 1. The van der Waals surface area contributed by atoms with Crippen LogP contribution in [0.1, 0.15) is 0 Å². The fourth-order valence-corrected chi connectivity index (χ4v) is 3.49. The van der Waals surface area contributed by atoms with Gasteiger partial charge in [0.15, 0.2) is 3.92 Å². The predicted octanol–water partition coefficient (Wildman–Crippen LogP) is 4.64. The molecule has 0 radical (unpaired) electrons. The van der Waals surface area contributed by atoms with Crippen LogP contribution in [0.2, 0.25) is 5.02 Å². The van der Waals surface area contributed by atoms with Crippen molar-refractivity contribution in [1.82, 2.24) is 14.6 Å². The number of hydrogen-bond donors (Lipinski definition) is 0. The van der Waals surface area contributed by atoms with Gasteiger partial charge in [0.2, 0.25) is 4.96 Å². The van der Waals surface area contributed by atoms with Gasteiger partial charge in [-0.1, -0.05) is 44.9 Å². The molecule has 2 aromatic heterocycles. The summed E-state index contributed by atoms with van der Waals surface area (Å²) in [4.78, 5) is 5.32. The zero-order valence-corrected chi connectivity index (χ0v) is 12.9. The van der Waals surface area contributed by atoms with Crippen molar-refractivity contribution >= 4 is 59.8 Å². The summed E-state index contributed by atoms with van der Waals surface area (Å²) < 4.78 is 3.50. The maximum atomic E-state index is 6.18. The highest BCUT2D eigenvalue weighted by Gasteiger charge is 2.11. The topological polar surface area (TPSA) is 30.2 Å². The zero-order valence-electron chi connectivity index (χ0n) is 8.19. The molecule has 2 heterocycles. The molecule has 0 saturated carbocycles. The van der Waals surface area contributed by atoms with Crippen molar-refractivity contribution in [3.05, 3.63) is 37.8 Å². The third kappa shape index (κ3) is 2.14. The third-order valence-corrected chi connectivity index (χ3v) is 4.39. The monoisotopic (exact) mass is 391 g/mol. The molecule has 17 heavy (non-hydrogen) atoms. The van der Waals surface area contributed by atoms with Gasteiger partial charge >= 0.3 is 0 Å². The van der Waals surface area contributed by atoms with E-state index in [0.717, 1.165) is 24.6 Å². The van der Waals surface area contributed by atoms with Gasteiger partial charge in [-0.3, -0.25) is 0 Å². The molecule has 1 aromatic carbocycles. The molecule has 7 heteroatoms. The summed E-state index contributed by atoms with van der Waals surface area (Å²) in [6, 6.07) is 5.74. The number of halogens is 3. The Morgan fingerprint density at radius 2 is 2.12 bits per heavy atom. The molecular formula is C10H4Br2ClN3S. The molecule has 0 aliphatic rings. The van der Waals surface area contributed by atoms with E-state index in [4.69, 9.17) is 11.6 Å². The molecule has 0 fully saturated rings. The minimum Gasteiger partial charge on any atom is -0.217 e. The molecule has 0 N–H and O–H groups in total. The van der Waals surface area contributed by atoms with Crippen LogP contribution < -0.4 is 0 Å². The molecular weight excluding hydrogens is 389 g/mol. The number of aromatic nitrogens is 3. The summed E-state index contributed by atoms with van der Waals surface area (Å²) in [5, 5.41) is 4.91. The Morgan fingerprint density at radius 1 is 1.29 bits per heavy atom. The van der Waals surface area contributed by atoms with Crippen LogP contribution in [0.3, 0.4) is 0 Å². The summed E-state index contributed by atoms with van der Waals surface area (Å²) in [5.74, 6) is 0. The molecule has 0 atom stereocenters. The summed E-state index contributed by atoms with van der Waals surface area (Å²) in [5.41, 5.74) is 1.73. The van der Waals surface area contributed by atoms with Gasteiger partial charge in [0.25, 0.3) is 0 Å². The Bertz CT molecular complexity index is 675. The van der Waals surface area contributed by atoms with E-state index in [1.165, 1.54) is 11.3 Å². The normalized spacial score (nSPS) is 11.2. The summed E-state index contributed by atoms with van der Waals surface area (Å²) in [6.07, 6.45) is 1.87. The van der Waals surface area contributed by atoms with Crippen molar-refractivity contribution < 1.29 is 0 Å². The number of benzene rings is 1. The largest absolute Gasteiger partial charge is 0.217 e. The SMILES string of the molecule is Clc1cc(Br)ccc1-c1cn2nc(Br)sc2n1. The first-order chi connectivity index (χ1) is 8.13. The van der Waals surface area contributed by atoms with Crippen LogP contribution in [0.5, 0.6) is 0 Å². The Hall–Kier alpha value is -0.430. The molecule has 3 nitrogen and oxygen atoms in total. The number of hydrogen-bond acceptors (Lipinski definition) is 3. The van der Waals surface area contributed by atoms with Crippen molar-refractivity contribution in [2.75, 3.05) is 0 Å². The van der Waals surface area contributed by atoms with Crippen LogP contribution in [0.25, 0.3) is 16.2 Å². The fourth-order valence-electron chi connectivity index (χ4n) is 1.50. The molecule has 86 valence electrons. The third-order valence-electron chi connectivity index (χ3n) is 2.23. The molecule has 0 aliphatic heterocycles. The first kappa shape index (κ1) is 11.6. The number of fused-ring (bicyclic) bond motifs is 1. The van der Waals surface area contributed by atoms with E-state index in [9.17, 15) is 0 Å². The van der Waals surface area contributed by atoms with E-state index in [1.54, 1.807) is 4.52 Å². The lowest BCUT2D eigenvalue weighted by molar-refractivity contribution is 0.959. The van der Waals surface area contributed by atoms with E-state index >= 15 is 0 Å². The van der Waals surface area contributed by atoms with Gasteiger partial charge in [-0.05, 0) is 28.1 Å². The maximum absolute atomic E-state index is 6.18.